The van der Waals surface area contributed by atoms with E-state index < -0.39 is 0 Å². The molecular formula is C24H30N6O2. The van der Waals surface area contributed by atoms with Crippen LogP contribution in [0.5, 0.6) is 0 Å². The molecule has 0 radical (unpaired) electrons. The predicted octanol–water partition coefficient (Wildman–Crippen LogP) is 2.80. The number of hydrogen-bond donors (Lipinski definition) is 2. The number of anilines is 2. The van der Waals surface area contributed by atoms with Crippen LogP contribution in [0.15, 0.2) is 42.7 Å². The second-order valence-electron chi connectivity index (χ2n) is 8.78. The van der Waals surface area contributed by atoms with Crippen molar-refractivity contribution in [1.29, 1.82) is 0 Å². The van der Waals surface area contributed by atoms with Gasteiger partial charge in [0.1, 0.15) is 5.82 Å². The van der Waals surface area contributed by atoms with Crippen LogP contribution in [0.3, 0.4) is 0 Å². The summed E-state index contributed by atoms with van der Waals surface area (Å²) in [5.41, 5.74) is 2.29. The Hall–Kier alpha value is -3.13. The average molecular weight is 435 g/mol. The molecule has 1 saturated heterocycles. The molecule has 5 rings (SSSR count). The lowest BCUT2D eigenvalue weighted by Gasteiger charge is -2.36. The SMILES string of the molecule is CC(=O)N1CCN(c2cccc3c2ccn3-c2ccnc(NC3CCC(O)CC3)n2)CC1. The molecule has 0 spiro atoms. The minimum Gasteiger partial charge on any atom is -0.393 e. The first-order valence-electron chi connectivity index (χ1n) is 11.5. The highest BCUT2D eigenvalue weighted by atomic mass is 16.3. The Balaban J connectivity index is 1.38. The second kappa shape index (κ2) is 8.78. The van der Waals surface area contributed by atoms with Crippen LogP contribution in [0.2, 0.25) is 0 Å². The van der Waals surface area contributed by atoms with E-state index in [2.05, 4.69) is 50.2 Å². The zero-order chi connectivity index (χ0) is 22.1. The van der Waals surface area contributed by atoms with Crippen LogP contribution in [0.4, 0.5) is 11.6 Å². The summed E-state index contributed by atoms with van der Waals surface area (Å²) < 4.78 is 2.10. The lowest BCUT2D eigenvalue weighted by molar-refractivity contribution is -0.129. The first-order chi connectivity index (χ1) is 15.6. The molecule has 8 nitrogen and oxygen atoms in total. The highest BCUT2D eigenvalue weighted by molar-refractivity contribution is 5.94. The molecule has 32 heavy (non-hydrogen) atoms. The normalized spacial score (nSPS) is 21.7. The summed E-state index contributed by atoms with van der Waals surface area (Å²) in [6.07, 6.45) is 7.18. The molecule has 1 saturated carbocycles. The molecule has 1 aromatic carbocycles. The predicted molar refractivity (Wildman–Crippen MR) is 125 cm³/mol. The van der Waals surface area contributed by atoms with Crippen molar-refractivity contribution in [2.24, 2.45) is 0 Å². The van der Waals surface area contributed by atoms with Gasteiger partial charge in [-0.15, -0.1) is 0 Å². The summed E-state index contributed by atoms with van der Waals surface area (Å²) in [7, 11) is 0. The van der Waals surface area contributed by atoms with E-state index >= 15 is 0 Å². The third-order valence-corrected chi connectivity index (χ3v) is 6.69. The van der Waals surface area contributed by atoms with Crippen molar-refractivity contribution in [3.05, 3.63) is 42.7 Å². The maximum Gasteiger partial charge on any atom is 0.224 e. The Morgan fingerprint density at radius 3 is 2.59 bits per heavy atom. The van der Waals surface area contributed by atoms with Gasteiger partial charge in [-0.2, -0.15) is 4.98 Å². The van der Waals surface area contributed by atoms with E-state index in [4.69, 9.17) is 4.98 Å². The van der Waals surface area contributed by atoms with E-state index in [1.165, 1.54) is 11.1 Å². The molecule has 1 amide bonds. The number of benzene rings is 1. The van der Waals surface area contributed by atoms with Crippen molar-refractivity contribution >= 4 is 28.4 Å². The summed E-state index contributed by atoms with van der Waals surface area (Å²) in [6.45, 7) is 4.82. The largest absolute Gasteiger partial charge is 0.393 e. The van der Waals surface area contributed by atoms with E-state index in [0.29, 0.717) is 12.0 Å². The van der Waals surface area contributed by atoms with Crippen LogP contribution in [-0.2, 0) is 4.79 Å². The minimum atomic E-state index is -0.175. The van der Waals surface area contributed by atoms with Gasteiger partial charge >= 0.3 is 0 Å². The van der Waals surface area contributed by atoms with E-state index in [0.717, 1.165) is 63.2 Å². The maximum absolute atomic E-state index is 11.7. The summed E-state index contributed by atoms with van der Waals surface area (Å²) in [5, 5.41) is 14.4. The van der Waals surface area contributed by atoms with Crippen molar-refractivity contribution in [2.75, 3.05) is 36.4 Å². The van der Waals surface area contributed by atoms with E-state index in [1.54, 1.807) is 13.1 Å². The molecule has 2 N–H and O–H groups in total. The molecule has 2 aliphatic rings. The lowest BCUT2D eigenvalue weighted by atomic mass is 9.93. The van der Waals surface area contributed by atoms with E-state index in [-0.39, 0.29) is 12.0 Å². The Labute approximate surface area is 187 Å². The zero-order valence-electron chi connectivity index (χ0n) is 18.4. The van der Waals surface area contributed by atoms with Gasteiger partial charge in [0.05, 0.1) is 11.6 Å². The van der Waals surface area contributed by atoms with Crippen LogP contribution in [-0.4, -0.2) is 68.8 Å². The molecule has 3 heterocycles. The molecule has 0 unspecified atom stereocenters. The molecule has 1 aliphatic heterocycles. The molecule has 2 fully saturated rings. The number of rotatable bonds is 4. The first kappa shape index (κ1) is 20.8. The quantitative estimate of drug-likeness (QED) is 0.657. The number of piperazine rings is 1. The number of carbonyl (C=O) groups is 1. The Bertz CT molecular complexity index is 1100. The number of amides is 1. The Morgan fingerprint density at radius 2 is 1.84 bits per heavy atom. The molecule has 168 valence electrons. The lowest BCUT2D eigenvalue weighted by Crippen LogP contribution is -2.48. The molecular weight excluding hydrogens is 404 g/mol. The number of fused-ring (bicyclic) bond motifs is 1. The van der Waals surface area contributed by atoms with E-state index in [9.17, 15) is 9.90 Å². The van der Waals surface area contributed by atoms with Gasteiger partial charge in [-0.3, -0.25) is 4.79 Å². The topological polar surface area (TPSA) is 86.5 Å². The number of aromatic nitrogens is 3. The monoisotopic (exact) mass is 434 g/mol. The second-order valence-corrected chi connectivity index (χ2v) is 8.78. The Kier molecular flexibility index (Phi) is 5.70. The fourth-order valence-corrected chi connectivity index (χ4v) is 4.84. The van der Waals surface area contributed by atoms with E-state index in [1.807, 2.05) is 11.0 Å². The van der Waals surface area contributed by atoms with Gasteiger partial charge in [0.2, 0.25) is 11.9 Å². The number of aliphatic hydroxyl groups is 1. The van der Waals surface area contributed by atoms with Crippen molar-refractivity contribution in [3.63, 3.8) is 0 Å². The number of aliphatic hydroxyl groups excluding tert-OH is 1. The maximum atomic E-state index is 11.7. The Morgan fingerprint density at radius 1 is 1.06 bits per heavy atom. The van der Waals surface area contributed by atoms with Crippen molar-refractivity contribution in [3.8, 4) is 5.82 Å². The number of nitrogens with one attached hydrogen (secondary N) is 1. The minimum absolute atomic E-state index is 0.145. The molecule has 8 heteroatoms. The fourth-order valence-electron chi connectivity index (χ4n) is 4.84. The first-order valence-corrected chi connectivity index (χ1v) is 11.5. The van der Waals surface area contributed by atoms with Crippen LogP contribution in [0, 0.1) is 0 Å². The van der Waals surface area contributed by atoms with Gasteiger partial charge in [-0.1, -0.05) is 6.07 Å². The summed E-state index contributed by atoms with van der Waals surface area (Å²) in [6, 6.07) is 10.7. The molecule has 3 aromatic rings. The van der Waals surface area contributed by atoms with Crippen LogP contribution in [0.1, 0.15) is 32.6 Å². The third-order valence-electron chi connectivity index (χ3n) is 6.69. The van der Waals surface area contributed by atoms with Gasteiger partial charge in [0.25, 0.3) is 0 Å². The number of nitrogens with zero attached hydrogens (tertiary/aromatic N) is 5. The zero-order valence-corrected chi connectivity index (χ0v) is 18.4. The fraction of sp³-hybridized carbons (Fsp3) is 0.458. The third kappa shape index (κ3) is 4.14. The molecule has 2 aromatic heterocycles. The van der Waals surface area contributed by atoms with Crippen LogP contribution >= 0.6 is 0 Å². The van der Waals surface area contributed by atoms with Gasteiger partial charge in [0, 0.05) is 62.6 Å². The number of hydrogen-bond acceptors (Lipinski definition) is 6. The van der Waals surface area contributed by atoms with Crippen LogP contribution < -0.4 is 10.2 Å². The highest BCUT2D eigenvalue weighted by Crippen LogP contribution is 2.30. The van der Waals surface area contributed by atoms with Crippen molar-refractivity contribution in [2.45, 2.75) is 44.8 Å². The van der Waals surface area contributed by atoms with Gasteiger partial charge < -0.3 is 24.8 Å². The molecule has 1 aliphatic carbocycles. The van der Waals surface area contributed by atoms with Crippen molar-refractivity contribution in [1.82, 2.24) is 19.4 Å². The summed E-state index contributed by atoms with van der Waals surface area (Å²) in [5.74, 6) is 1.60. The molecule has 0 atom stereocenters. The summed E-state index contributed by atoms with van der Waals surface area (Å²) >= 11 is 0. The van der Waals surface area contributed by atoms with Crippen molar-refractivity contribution < 1.29 is 9.90 Å². The number of carbonyl (C=O) groups excluding carboxylic acids is 1. The van der Waals surface area contributed by atoms with Gasteiger partial charge in [-0.05, 0) is 49.9 Å². The smallest absolute Gasteiger partial charge is 0.224 e. The molecule has 0 bridgehead atoms. The highest BCUT2D eigenvalue weighted by Gasteiger charge is 2.22. The van der Waals surface area contributed by atoms with Gasteiger partial charge in [-0.25, -0.2) is 4.98 Å². The van der Waals surface area contributed by atoms with Gasteiger partial charge in [0.15, 0.2) is 0 Å². The summed E-state index contributed by atoms with van der Waals surface area (Å²) in [4.78, 5) is 25.1. The standard InChI is InChI=1S/C24H30N6O2/c1-17(31)28-13-15-29(16-14-28)21-3-2-4-22-20(21)10-12-30(22)23-9-11-25-24(27-23)26-18-5-7-19(32)8-6-18/h2-4,9-12,18-19,32H,5-8,13-16H2,1H3,(H,25,26,27). The average Bonchev–Trinajstić information content (AvgIpc) is 3.25. The van der Waals surface area contributed by atoms with Crippen LogP contribution in [0.25, 0.3) is 16.7 Å².